The third kappa shape index (κ3) is 2.50. The molecular formula is C13H12BrNO3S2. The number of fused-ring (bicyclic) bond motifs is 1. The number of aryl methyl sites for hydroxylation is 1. The molecule has 1 aliphatic heterocycles. The molecule has 0 bridgehead atoms. The first kappa shape index (κ1) is 14.1. The van der Waals surface area contributed by atoms with Gasteiger partial charge in [-0.25, -0.2) is 13.1 Å². The number of hydrogen-bond acceptors (Lipinski definition) is 4. The van der Waals surface area contributed by atoms with Crippen molar-refractivity contribution in [1.29, 1.82) is 0 Å². The van der Waals surface area contributed by atoms with Crippen molar-refractivity contribution >= 4 is 37.3 Å². The van der Waals surface area contributed by atoms with E-state index in [-0.39, 0.29) is 6.04 Å². The Hall–Kier alpha value is -0.890. The van der Waals surface area contributed by atoms with Gasteiger partial charge in [0.25, 0.3) is 0 Å². The molecule has 0 saturated heterocycles. The summed E-state index contributed by atoms with van der Waals surface area (Å²) in [7, 11) is -3.55. The number of rotatable bonds is 3. The highest BCUT2D eigenvalue weighted by Gasteiger charge is 2.30. The molecule has 7 heteroatoms. The van der Waals surface area contributed by atoms with E-state index in [1.807, 2.05) is 24.3 Å². The second-order valence-corrected chi connectivity index (χ2v) is 8.81. The van der Waals surface area contributed by atoms with Gasteiger partial charge in [-0.05, 0) is 35.0 Å². The normalized spacial score (nSPS) is 17.8. The van der Waals surface area contributed by atoms with Crippen LogP contribution >= 0.6 is 27.3 Å². The molecule has 1 unspecified atom stereocenters. The zero-order chi connectivity index (χ0) is 14.3. The molecule has 0 aliphatic carbocycles. The highest BCUT2D eigenvalue weighted by Crippen LogP contribution is 2.34. The molecule has 0 radical (unpaired) electrons. The number of benzene rings is 1. The first-order chi connectivity index (χ1) is 9.47. The standard InChI is InChI=1S/C13H12BrNO3S2/c1-8-12(6-13(14)19-8)20(16,17)15-10-7-18-11-5-3-2-4-9(10)11/h2-6,10,15H,7H2,1H3. The summed E-state index contributed by atoms with van der Waals surface area (Å²) in [4.78, 5) is 1.08. The van der Waals surface area contributed by atoms with E-state index in [4.69, 9.17) is 4.74 Å². The lowest BCUT2D eigenvalue weighted by Gasteiger charge is -2.12. The van der Waals surface area contributed by atoms with Crippen molar-refractivity contribution in [3.8, 4) is 5.75 Å². The van der Waals surface area contributed by atoms with Crippen LogP contribution in [0.3, 0.4) is 0 Å². The van der Waals surface area contributed by atoms with E-state index in [9.17, 15) is 8.42 Å². The van der Waals surface area contributed by atoms with Crippen LogP contribution in [0.4, 0.5) is 0 Å². The van der Waals surface area contributed by atoms with Crippen molar-refractivity contribution in [2.24, 2.45) is 0 Å². The average molecular weight is 374 g/mol. The zero-order valence-corrected chi connectivity index (χ0v) is 13.8. The fraction of sp³-hybridized carbons (Fsp3) is 0.231. The number of thiophene rings is 1. The van der Waals surface area contributed by atoms with Gasteiger partial charge in [-0.1, -0.05) is 18.2 Å². The van der Waals surface area contributed by atoms with E-state index in [0.29, 0.717) is 11.5 Å². The molecule has 3 rings (SSSR count). The molecule has 20 heavy (non-hydrogen) atoms. The fourth-order valence-electron chi connectivity index (χ4n) is 2.21. The number of halogens is 1. The number of hydrogen-bond donors (Lipinski definition) is 1. The lowest BCUT2D eigenvalue weighted by atomic mass is 10.1. The minimum atomic E-state index is -3.55. The van der Waals surface area contributed by atoms with Crippen LogP contribution in [0.2, 0.25) is 0 Å². The van der Waals surface area contributed by atoms with Gasteiger partial charge in [0.15, 0.2) is 0 Å². The quantitative estimate of drug-likeness (QED) is 0.898. The maximum atomic E-state index is 12.5. The van der Waals surface area contributed by atoms with Gasteiger partial charge in [0.05, 0.1) is 14.7 Å². The second-order valence-electron chi connectivity index (χ2n) is 4.49. The minimum absolute atomic E-state index is 0.318. The van der Waals surface area contributed by atoms with Gasteiger partial charge in [0.1, 0.15) is 12.4 Å². The van der Waals surface area contributed by atoms with E-state index in [2.05, 4.69) is 20.7 Å². The summed E-state index contributed by atoms with van der Waals surface area (Å²) in [6.45, 7) is 2.12. The van der Waals surface area contributed by atoms with E-state index in [1.165, 1.54) is 11.3 Å². The average Bonchev–Trinajstić information content (AvgIpc) is 2.94. The fourth-order valence-corrected chi connectivity index (χ4v) is 5.82. The van der Waals surface area contributed by atoms with Crippen molar-refractivity contribution in [2.45, 2.75) is 17.9 Å². The van der Waals surface area contributed by atoms with Gasteiger partial charge < -0.3 is 4.74 Å². The topological polar surface area (TPSA) is 55.4 Å². The monoisotopic (exact) mass is 373 g/mol. The predicted octanol–water partition coefficient (Wildman–Crippen LogP) is 3.23. The van der Waals surface area contributed by atoms with Crippen LogP contribution in [0.1, 0.15) is 16.5 Å². The van der Waals surface area contributed by atoms with Crippen molar-refractivity contribution in [3.63, 3.8) is 0 Å². The lowest BCUT2D eigenvalue weighted by Crippen LogP contribution is -2.29. The Labute approximate surface area is 130 Å². The molecule has 1 aliphatic rings. The van der Waals surface area contributed by atoms with Gasteiger partial charge in [-0.15, -0.1) is 11.3 Å². The van der Waals surface area contributed by atoms with E-state index in [0.717, 1.165) is 20.0 Å². The Bertz CT molecular complexity index is 755. The molecule has 1 aromatic carbocycles. The first-order valence-corrected chi connectivity index (χ1v) is 9.06. The Kier molecular flexibility index (Phi) is 3.62. The highest BCUT2D eigenvalue weighted by molar-refractivity contribution is 9.11. The van der Waals surface area contributed by atoms with E-state index in [1.54, 1.807) is 13.0 Å². The molecule has 0 fully saturated rings. The molecule has 1 atom stereocenters. The number of sulfonamides is 1. The summed E-state index contributed by atoms with van der Waals surface area (Å²) in [5.41, 5.74) is 0.878. The van der Waals surface area contributed by atoms with Crippen LogP contribution in [-0.2, 0) is 10.0 Å². The number of ether oxygens (including phenoxy) is 1. The zero-order valence-electron chi connectivity index (χ0n) is 10.6. The van der Waals surface area contributed by atoms with E-state index < -0.39 is 10.0 Å². The SMILES string of the molecule is Cc1sc(Br)cc1S(=O)(=O)NC1COc2ccccc21. The third-order valence-corrected chi connectivity index (χ3v) is 6.41. The third-order valence-electron chi connectivity index (χ3n) is 3.13. The molecule has 1 N–H and O–H groups in total. The summed E-state index contributed by atoms with van der Waals surface area (Å²) in [6, 6.07) is 8.76. The van der Waals surface area contributed by atoms with Gasteiger partial charge in [0, 0.05) is 10.4 Å². The summed E-state index contributed by atoms with van der Waals surface area (Å²) < 4.78 is 33.9. The molecule has 0 spiro atoms. The van der Waals surface area contributed by atoms with Gasteiger partial charge in [-0.3, -0.25) is 0 Å². The summed E-state index contributed by atoms with van der Waals surface area (Å²) >= 11 is 4.72. The summed E-state index contributed by atoms with van der Waals surface area (Å²) in [5, 5.41) is 0. The summed E-state index contributed by atoms with van der Waals surface area (Å²) in [5.74, 6) is 0.739. The Morgan fingerprint density at radius 1 is 1.40 bits per heavy atom. The molecule has 0 amide bonds. The largest absolute Gasteiger partial charge is 0.491 e. The van der Waals surface area contributed by atoms with Crippen molar-refractivity contribution < 1.29 is 13.2 Å². The molecule has 4 nitrogen and oxygen atoms in total. The smallest absolute Gasteiger partial charge is 0.242 e. The predicted molar refractivity (Wildman–Crippen MR) is 81.8 cm³/mol. The molecule has 2 heterocycles. The Balaban J connectivity index is 1.90. The Morgan fingerprint density at radius 2 is 2.15 bits per heavy atom. The van der Waals surface area contributed by atoms with Crippen LogP contribution < -0.4 is 9.46 Å². The van der Waals surface area contributed by atoms with Crippen LogP contribution in [0.15, 0.2) is 39.0 Å². The highest BCUT2D eigenvalue weighted by atomic mass is 79.9. The molecule has 0 saturated carbocycles. The maximum Gasteiger partial charge on any atom is 0.242 e. The van der Waals surface area contributed by atoms with Crippen LogP contribution in [0.25, 0.3) is 0 Å². The summed E-state index contributed by atoms with van der Waals surface area (Å²) in [6.07, 6.45) is 0. The minimum Gasteiger partial charge on any atom is -0.491 e. The van der Waals surface area contributed by atoms with E-state index >= 15 is 0 Å². The molecular weight excluding hydrogens is 362 g/mol. The number of para-hydroxylation sites is 1. The lowest BCUT2D eigenvalue weighted by molar-refractivity contribution is 0.325. The van der Waals surface area contributed by atoms with Crippen LogP contribution in [-0.4, -0.2) is 15.0 Å². The molecule has 2 aromatic rings. The van der Waals surface area contributed by atoms with Gasteiger partial charge in [0.2, 0.25) is 10.0 Å². The number of nitrogens with one attached hydrogen (secondary N) is 1. The molecule has 1 aromatic heterocycles. The van der Waals surface area contributed by atoms with Crippen molar-refractivity contribution in [3.05, 3.63) is 44.6 Å². The van der Waals surface area contributed by atoms with Crippen LogP contribution in [0, 0.1) is 6.92 Å². The second kappa shape index (κ2) is 5.14. The van der Waals surface area contributed by atoms with Gasteiger partial charge >= 0.3 is 0 Å². The van der Waals surface area contributed by atoms with Crippen LogP contribution in [0.5, 0.6) is 5.75 Å². The van der Waals surface area contributed by atoms with Crippen molar-refractivity contribution in [1.82, 2.24) is 4.72 Å². The van der Waals surface area contributed by atoms with Gasteiger partial charge in [-0.2, -0.15) is 0 Å². The Morgan fingerprint density at radius 3 is 2.85 bits per heavy atom. The maximum absolute atomic E-state index is 12.5. The first-order valence-electron chi connectivity index (χ1n) is 5.97. The van der Waals surface area contributed by atoms with Crippen molar-refractivity contribution in [2.75, 3.05) is 6.61 Å². The molecule has 106 valence electrons.